The summed E-state index contributed by atoms with van der Waals surface area (Å²) in [6.45, 7) is 2.09. The molecule has 1 aliphatic rings. The monoisotopic (exact) mass is 370 g/mol. The maximum Gasteiger partial charge on any atom is 0.351 e. The molecule has 0 aliphatic carbocycles. The number of rotatable bonds is 7. The number of nitrogen functional groups attached to an aromatic ring is 1. The molecule has 1 unspecified atom stereocenters. The second kappa shape index (κ2) is 8.37. The molecule has 2 rings (SSSR count). The van der Waals surface area contributed by atoms with Gasteiger partial charge in [0.25, 0.3) is 5.92 Å². The van der Waals surface area contributed by atoms with Crippen LogP contribution in [0.15, 0.2) is 33.8 Å². The van der Waals surface area contributed by atoms with Crippen LogP contribution in [0, 0.1) is 0 Å². The minimum Gasteiger partial charge on any atom is -0.390 e. The number of halogens is 2. The van der Waals surface area contributed by atoms with Crippen LogP contribution in [0.2, 0.25) is 0 Å². The van der Waals surface area contributed by atoms with Crippen molar-refractivity contribution >= 4 is 12.0 Å². The highest BCUT2D eigenvalue weighted by Gasteiger charge is 2.51. The number of aromatic nitrogens is 2. The molecule has 8 nitrogen and oxygen atoms in total. The summed E-state index contributed by atoms with van der Waals surface area (Å²) >= 11 is 0. The molecule has 0 radical (unpaired) electrons. The highest BCUT2D eigenvalue weighted by Crippen LogP contribution is 2.41. The fourth-order valence-electron chi connectivity index (χ4n) is 2.75. The van der Waals surface area contributed by atoms with E-state index in [9.17, 15) is 13.6 Å². The Hall–Kier alpha value is -2.33. The van der Waals surface area contributed by atoms with Crippen LogP contribution in [0.1, 0.15) is 19.6 Å². The van der Waals surface area contributed by atoms with Crippen LogP contribution >= 0.6 is 0 Å². The summed E-state index contributed by atoms with van der Waals surface area (Å²) in [7, 11) is 3.43. The molecule has 26 heavy (non-hydrogen) atoms. The molecule has 1 saturated heterocycles. The zero-order valence-corrected chi connectivity index (χ0v) is 14.9. The molecule has 0 saturated carbocycles. The van der Waals surface area contributed by atoms with Gasteiger partial charge in [0.2, 0.25) is 6.23 Å². The molecule has 3 atom stereocenters. The molecule has 4 N–H and O–H groups in total. The predicted molar refractivity (Wildman–Crippen MR) is 95.4 cm³/mol. The van der Waals surface area contributed by atoms with Crippen molar-refractivity contribution in [2.45, 2.75) is 37.6 Å². The van der Waals surface area contributed by atoms with E-state index in [-0.39, 0.29) is 18.4 Å². The third-order valence-corrected chi connectivity index (χ3v) is 4.10. The van der Waals surface area contributed by atoms with E-state index in [1.807, 2.05) is 6.92 Å². The normalized spacial score (nSPS) is 24.1. The summed E-state index contributed by atoms with van der Waals surface area (Å²) in [5.41, 5.74) is 5.39. The van der Waals surface area contributed by atoms with E-state index in [2.05, 4.69) is 20.6 Å². The number of ether oxygens (including phenoxy) is 1. The molecule has 0 spiro atoms. The van der Waals surface area contributed by atoms with Crippen LogP contribution in [0.4, 0.5) is 14.6 Å². The zero-order chi connectivity index (χ0) is 19.3. The average molecular weight is 370 g/mol. The summed E-state index contributed by atoms with van der Waals surface area (Å²) < 4.78 is 34.9. The van der Waals surface area contributed by atoms with Crippen molar-refractivity contribution in [2.24, 2.45) is 4.99 Å². The highest BCUT2D eigenvalue weighted by atomic mass is 19.3. The summed E-state index contributed by atoms with van der Waals surface area (Å²) in [5.74, 6) is -3.21. The van der Waals surface area contributed by atoms with Gasteiger partial charge in [-0.05, 0) is 19.1 Å². The van der Waals surface area contributed by atoms with Crippen LogP contribution in [0.25, 0.3) is 0 Å². The molecule has 2 heterocycles. The Kier molecular flexibility index (Phi) is 6.43. The number of nitrogens with two attached hydrogens (primary N) is 1. The first-order valence-corrected chi connectivity index (χ1v) is 8.20. The molecule has 1 aliphatic heterocycles. The molecule has 10 heteroatoms. The first kappa shape index (κ1) is 20.0. The maximum absolute atomic E-state index is 14.3. The first-order valence-electron chi connectivity index (χ1n) is 8.20. The Morgan fingerprint density at radius 1 is 1.65 bits per heavy atom. The van der Waals surface area contributed by atoms with E-state index < -0.39 is 30.4 Å². The van der Waals surface area contributed by atoms with E-state index in [1.165, 1.54) is 12.3 Å². The number of nitrogens with zero attached hydrogens (tertiary/aromatic N) is 3. The second-order valence-electron chi connectivity index (χ2n) is 6.03. The quantitative estimate of drug-likeness (QED) is 0.605. The van der Waals surface area contributed by atoms with Crippen molar-refractivity contribution < 1.29 is 13.5 Å². The fourth-order valence-corrected chi connectivity index (χ4v) is 2.75. The van der Waals surface area contributed by atoms with Crippen molar-refractivity contribution in [2.75, 3.05) is 26.4 Å². The minimum atomic E-state index is -3.19. The lowest BCUT2D eigenvalue weighted by Crippen LogP contribution is -2.38. The van der Waals surface area contributed by atoms with E-state index in [0.29, 0.717) is 0 Å². The van der Waals surface area contributed by atoms with Gasteiger partial charge >= 0.3 is 5.69 Å². The van der Waals surface area contributed by atoms with Gasteiger partial charge in [0, 0.05) is 51.2 Å². The number of anilines is 1. The third-order valence-electron chi connectivity index (χ3n) is 4.10. The topological polar surface area (TPSA) is 107 Å². The van der Waals surface area contributed by atoms with Gasteiger partial charge < -0.3 is 21.1 Å². The molecule has 1 aromatic heterocycles. The van der Waals surface area contributed by atoms with Crippen LogP contribution in [-0.2, 0) is 4.74 Å². The molecular weight excluding hydrogens is 346 g/mol. The second-order valence-corrected chi connectivity index (χ2v) is 6.03. The average Bonchev–Trinajstić information content (AvgIpc) is 2.88. The number of likely N-dealkylation sites (N-methyl/N-ethyl adjacent to an activating group) is 1. The van der Waals surface area contributed by atoms with Crippen molar-refractivity contribution in [1.82, 2.24) is 20.2 Å². The Balaban J connectivity index is 2.04. The maximum atomic E-state index is 14.3. The highest BCUT2D eigenvalue weighted by molar-refractivity contribution is 5.72. The molecule has 1 aromatic rings. The number of alkyl halides is 2. The first-order chi connectivity index (χ1) is 12.3. The molecular formula is C16H24F2N6O2. The van der Waals surface area contributed by atoms with Crippen molar-refractivity contribution in [1.29, 1.82) is 0 Å². The van der Waals surface area contributed by atoms with Gasteiger partial charge in [0.05, 0.1) is 6.10 Å². The molecule has 144 valence electrons. The summed E-state index contributed by atoms with van der Waals surface area (Å²) in [6.07, 6.45) is 1.67. The predicted octanol–water partition coefficient (Wildman–Crippen LogP) is 0.530. The standard InChI is InChI=1S/C16H24F2N6O2/c1-10(12(21-3)4-6-20-2)22-9-11-8-16(17,18)14(26-11)24-7-5-13(19)23-15(24)25/h4-7,10-11,14,21-22H,8-9H2,1-3H3,(H2,19,23,25)/b12-4-,20-6?/t10?,11-,14+/m0/s1. The Morgan fingerprint density at radius 3 is 3.00 bits per heavy atom. The third kappa shape index (κ3) is 4.64. The summed E-state index contributed by atoms with van der Waals surface area (Å²) in [5, 5.41) is 6.17. The SMILES string of the molecule is CN=C/C=C(\NC)C(C)NC[C@@H]1CC(F)(F)[C@H](n2ccc(N)nc2=O)O1. The summed E-state index contributed by atoms with van der Waals surface area (Å²) in [4.78, 5) is 19.2. The van der Waals surface area contributed by atoms with Crippen LogP contribution in [0.3, 0.4) is 0 Å². The number of hydrogen-bond acceptors (Lipinski definition) is 7. The van der Waals surface area contributed by atoms with Crippen LogP contribution in [-0.4, -0.2) is 54.5 Å². The molecule has 1 fully saturated rings. The van der Waals surface area contributed by atoms with Crippen LogP contribution in [0.5, 0.6) is 0 Å². The lowest BCUT2D eigenvalue weighted by Gasteiger charge is -2.20. The van der Waals surface area contributed by atoms with Gasteiger partial charge in [-0.3, -0.25) is 9.56 Å². The van der Waals surface area contributed by atoms with Crippen LogP contribution < -0.4 is 22.1 Å². The van der Waals surface area contributed by atoms with E-state index in [0.717, 1.165) is 10.3 Å². The largest absolute Gasteiger partial charge is 0.390 e. The Labute approximate surface area is 150 Å². The van der Waals surface area contributed by atoms with Crippen molar-refractivity contribution in [3.05, 3.63) is 34.5 Å². The van der Waals surface area contributed by atoms with Gasteiger partial charge in [-0.15, -0.1) is 0 Å². The number of allylic oxidation sites excluding steroid dienone is 1. The molecule has 0 amide bonds. The zero-order valence-electron chi connectivity index (χ0n) is 14.9. The number of hydrogen-bond donors (Lipinski definition) is 3. The lowest BCUT2D eigenvalue weighted by atomic mass is 10.1. The van der Waals surface area contributed by atoms with Crippen molar-refractivity contribution in [3.63, 3.8) is 0 Å². The minimum absolute atomic E-state index is 0.0263. The number of nitrogens with one attached hydrogen (secondary N) is 2. The van der Waals surface area contributed by atoms with E-state index >= 15 is 0 Å². The smallest absolute Gasteiger partial charge is 0.351 e. The Bertz CT molecular complexity index is 734. The Morgan fingerprint density at radius 2 is 2.38 bits per heavy atom. The van der Waals surface area contributed by atoms with E-state index in [4.69, 9.17) is 10.5 Å². The number of aliphatic imine (C=N–C) groups is 1. The lowest BCUT2D eigenvalue weighted by molar-refractivity contribution is -0.116. The van der Waals surface area contributed by atoms with Gasteiger partial charge in [-0.2, -0.15) is 4.98 Å². The molecule has 0 aromatic carbocycles. The fraction of sp³-hybridized carbons (Fsp3) is 0.562. The van der Waals surface area contributed by atoms with Gasteiger partial charge in [-0.1, -0.05) is 0 Å². The molecule has 0 bridgehead atoms. The van der Waals surface area contributed by atoms with E-state index in [1.54, 1.807) is 26.4 Å². The van der Waals surface area contributed by atoms with Gasteiger partial charge in [-0.25, -0.2) is 13.6 Å². The summed E-state index contributed by atoms with van der Waals surface area (Å²) in [6, 6.07) is 1.17. The van der Waals surface area contributed by atoms with Gasteiger partial charge in [0.15, 0.2) is 0 Å². The van der Waals surface area contributed by atoms with Crippen molar-refractivity contribution in [3.8, 4) is 0 Å². The van der Waals surface area contributed by atoms with Gasteiger partial charge in [0.1, 0.15) is 5.82 Å².